The summed E-state index contributed by atoms with van der Waals surface area (Å²) < 4.78 is 0. The highest BCUT2D eigenvalue weighted by molar-refractivity contribution is 5.66. The SMILES string of the molecule is Cc1ncc(C2CCN(C(=O)O)C2C23CC4CC(CC(C4)C2)C3)cn1. The smallest absolute Gasteiger partial charge is 0.407 e. The van der Waals surface area contributed by atoms with Gasteiger partial charge in [0.25, 0.3) is 0 Å². The molecule has 1 aliphatic heterocycles. The Morgan fingerprint density at radius 2 is 1.68 bits per heavy atom. The third-order valence-electron chi connectivity index (χ3n) is 7.59. The quantitative estimate of drug-likeness (QED) is 0.887. The second-order valence-corrected chi connectivity index (χ2v) is 9.16. The molecule has 4 aliphatic carbocycles. The van der Waals surface area contributed by atoms with Crippen LogP contribution in [0.4, 0.5) is 4.79 Å². The zero-order valence-corrected chi connectivity index (χ0v) is 14.9. The van der Waals surface area contributed by atoms with Crippen molar-refractivity contribution in [3.05, 3.63) is 23.8 Å². The Balaban J connectivity index is 1.54. The summed E-state index contributed by atoms with van der Waals surface area (Å²) in [6.45, 7) is 2.55. The van der Waals surface area contributed by atoms with Crippen molar-refractivity contribution in [3.8, 4) is 0 Å². The fraction of sp³-hybridized carbons (Fsp3) is 0.750. The molecule has 1 saturated heterocycles. The Morgan fingerprint density at radius 3 is 2.20 bits per heavy atom. The van der Waals surface area contributed by atoms with E-state index in [0.717, 1.165) is 35.6 Å². The number of nitrogens with zero attached hydrogens (tertiary/aromatic N) is 3. The van der Waals surface area contributed by atoms with E-state index in [-0.39, 0.29) is 17.4 Å². The second-order valence-electron chi connectivity index (χ2n) is 9.16. The molecule has 25 heavy (non-hydrogen) atoms. The Morgan fingerprint density at radius 1 is 1.12 bits per heavy atom. The first-order chi connectivity index (χ1) is 12.0. The van der Waals surface area contributed by atoms with Crippen molar-refractivity contribution in [1.82, 2.24) is 14.9 Å². The largest absolute Gasteiger partial charge is 0.465 e. The standard InChI is InChI=1S/C20H27N3O2/c1-12-21-10-16(11-22-12)17-2-3-23(19(24)25)18(17)20-7-13-4-14(8-20)6-15(5-13)9-20/h10-11,13-15,17-18H,2-9H2,1H3,(H,24,25). The van der Waals surface area contributed by atoms with Crippen molar-refractivity contribution in [2.24, 2.45) is 23.2 Å². The predicted molar refractivity (Wildman–Crippen MR) is 93.3 cm³/mol. The van der Waals surface area contributed by atoms with Gasteiger partial charge in [-0.15, -0.1) is 0 Å². The van der Waals surface area contributed by atoms with Crippen LogP contribution in [0, 0.1) is 30.1 Å². The highest BCUT2D eigenvalue weighted by Crippen LogP contribution is 2.64. The predicted octanol–water partition coefficient (Wildman–Crippen LogP) is 3.84. The highest BCUT2D eigenvalue weighted by Gasteiger charge is 2.59. The fourth-order valence-electron chi connectivity index (χ4n) is 7.25. The number of aromatic nitrogens is 2. The van der Waals surface area contributed by atoms with Crippen molar-refractivity contribution < 1.29 is 9.90 Å². The summed E-state index contributed by atoms with van der Waals surface area (Å²) in [7, 11) is 0. The molecule has 4 bridgehead atoms. The number of likely N-dealkylation sites (tertiary alicyclic amines) is 1. The molecule has 2 unspecified atom stereocenters. The molecule has 5 heteroatoms. The molecule has 134 valence electrons. The van der Waals surface area contributed by atoms with Crippen molar-refractivity contribution in [2.75, 3.05) is 6.54 Å². The summed E-state index contributed by atoms with van der Waals surface area (Å²) in [5.41, 5.74) is 1.33. The molecule has 5 fully saturated rings. The first kappa shape index (κ1) is 15.6. The minimum absolute atomic E-state index is 0.115. The monoisotopic (exact) mass is 341 g/mol. The van der Waals surface area contributed by atoms with Gasteiger partial charge in [-0.2, -0.15) is 0 Å². The lowest BCUT2D eigenvalue weighted by molar-refractivity contribution is -0.0920. The lowest BCUT2D eigenvalue weighted by Crippen LogP contribution is -2.57. The van der Waals surface area contributed by atoms with E-state index in [1.807, 2.05) is 19.3 Å². The van der Waals surface area contributed by atoms with Crippen molar-refractivity contribution in [3.63, 3.8) is 0 Å². The van der Waals surface area contributed by atoms with Crippen LogP contribution < -0.4 is 0 Å². The van der Waals surface area contributed by atoms with Crippen LogP contribution in [-0.2, 0) is 0 Å². The van der Waals surface area contributed by atoms with Gasteiger partial charge in [0.15, 0.2) is 0 Å². The van der Waals surface area contributed by atoms with Crippen LogP contribution in [0.15, 0.2) is 12.4 Å². The van der Waals surface area contributed by atoms with Crippen molar-refractivity contribution in [2.45, 2.75) is 63.8 Å². The average Bonchev–Trinajstić information content (AvgIpc) is 3.00. The molecule has 1 amide bonds. The molecule has 0 radical (unpaired) electrons. The molecule has 6 rings (SSSR count). The molecule has 1 aromatic rings. The Bertz CT molecular complexity index is 651. The number of carboxylic acid groups (broad SMARTS) is 1. The van der Waals surface area contributed by atoms with Crippen LogP contribution in [0.5, 0.6) is 0 Å². The van der Waals surface area contributed by atoms with Crippen LogP contribution >= 0.6 is 0 Å². The second kappa shape index (κ2) is 5.42. The summed E-state index contributed by atoms with van der Waals surface area (Å²) in [6, 6.07) is 0.115. The minimum Gasteiger partial charge on any atom is -0.465 e. The van der Waals surface area contributed by atoms with Crippen LogP contribution in [0.2, 0.25) is 0 Å². The number of carbonyl (C=O) groups is 1. The lowest BCUT2D eigenvalue weighted by Gasteiger charge is -2.60. The maximum Gasteiger partial charge on any atom is 0.407 e. The molecule has 5 nitrogen and oxygen atoms in total. The van der Waals surface area contributed by atoms with E-state index in [9.17, 15) is 9.90 Å². The Kier molecular flexibility index (Phi) is 3.38. The van der Waals surface area contributed by atoms with Crippen LogP contribution in [0.1, 0.15) is 62.3 Å². The normalized spacial score (nSPS) is 42.1. The number of hydrogen-bond acceptors (Lipinski definition) is 3. The molecule has 0 aromatic carbocycles. The highest BCUT2D eigenvalue weighted by atomic mass is 16.4. The fourth-order valence-corrected chi connectivity index (χ4v) is 7.25. The lowest BCUT2D eigenvalue weighted by atomic mass is 9.46. The van der Waals surface area contributed by atoms with E-state index in [1.54, 1.807) is 4.90 Å². The van der Waals surface area contributed by atoms with Gasteiger partial charge in [-0.25, -0.2) is 14.8 Å². The summed E-state index contributed by atoms with van der Waals surface area (Å²) in [5, 5.41) is 9.89. The van der Waals surface area contributed by atoms with E-state index in [0.29, 0.717) is 6.54 Å². The minimum atomic E-state index is -0.740. The van der Waals surface area contributed by atoms with Crippen molar-refractivity contribution in [1.29, 1.82) is 0 Å². The number of hydrogen-bond donors (Lipinski definition) is 1. The zero-order valence-electron chi connectivity index (χ0n) is 14.9. The maximum absolute atomic E-state index is 12.0. The molecule has 0 spiro atoms. The molecule has 2 atom stereocenters. The molecule has 2 heterocycles. The summed E-state index contributed by atoms with van der Waals surface area (Å²) in [6.07, 6.45) is 11.9. The van der Waals surface area contributed by atoms with Crippen LogP contribution in [-0.4, -0.2) is 38.7 Å². The van der Waals surface area contributed by atoms with Crippen molar-refractivity contribution >= 4 is 6.09 Å². The maximum atomic E-state index is 12.0. The average molecular weight is 341 g/mol. The zero-order chi connectivity index (χ0) is 17.2. The molecule has 4 saturated carbocycles. The number of aryl methyl sites for hydroxylation is 1. The first-order valence-corrected chi connectivity index (χ1v) is 9.82. The molecule has 5 aliphatic rings. The van der Waals surface area contributed by atoms with Gasteiger partial charge >= 0.3 is 6.09 Å². The molecular formula is C20H27N3O2. The van der Waals surface area contributed by atoms with E-state index in [2.05, 4.69) is 9.97 Å². The third kappa shape index (κ3) is 2.38. The van der Waals surface area contributed by atoms with Gasteiger partial charge in [-0.05, 0) is 80.6 Å². The van der Waals surface area contributed by atoms with Gasteiger partial charge in [0.2, 0.25) is 0 Å². The molecule has 1 N–H and O–H groups in total. The Labute approximate surface area is 148 Å². The van der Waals surface area contributed by atoms with E-state index < -0.39 is 6.09 Å². The Hall–Kier alpha value is -1.65. The molecule has 1 aromatic heterocycles. The van der Waals surface area contributed by atoms with Gasteiger partial charge in [0.05, 0.1) is 0 Å². The van der Waals surface area contributed by atoms with E-state index >= 15 is 0 Å². The summed E-state index contributed by atoms with van der Waals surface area (Å²) in [5.74, 6) is 3.53. The summed E-state index contributed by atoms with van der Waals surface area (Å²) >= 11 is 0. The topological polar surface area (TPSA) is 66.3 Å². The number of rotatable bonds is 2. The van der Waals surface area contributed by atoms with Gasteiger partial charge in [-0.3, -0.25) is 0 Å². The number of amides is 1. The van der Waals surface area contributed by atoms with E-state index in [1.165, 1.54) is 38.5 Å². The first-order valence-electron chi connectivity index (χ1n) is 9.82. The molecular weight excluding hydrogens is 314 g/mol. The van der Waals surface area contributed by atoms with Crippen LogP contribution in [0.25, 0.3) is 0 Å². The van der Waals surface area contributed by atoms with Crippen LogP contribution in [0.3, 0.4) is 0 Å². The summed E-state index contributed by atoms with van der Waals surface area (Å²) in [4.78, 5) is 22.6. The van der Waals surface area contributed by atoms with Gasteiger partial charge in [-0.1, -0.05) is 0 Å². The van der Waals surface area contributed by atoms with Gasteiger partial charge in [0, 0.05) is 30.9 Å². The van der Waals surface area contributed by atoms with E-state index in [4.69, 9.17) is 0 Å². The third-order valence-corrected chi connectivity index (χ3v) is 7.59. The van der Waals surface area contributed by atoms with Gasteiger partial charge < -0.3 is 10.0 Å². The van der Waals surface area contributed by atoms with Gasteiger partial charge in [0.1, 0.15) is 5.82 Å².